The highest BCUT2D eigenvalue weighted by molar-refractivity contribution is 7.92. The van der Waals surface area contributed by atoms with Crippen LogP contribution in [0.2, 0.25) is 0 Å². The summed E-state index contributed by atoms with van der Waals surface area (Å²) in [7, 11) is -0.702. The fourth-order valence-electron chi connectivity index (χ4n) is 2.83. The van der Waals surface area contributed by atoms with Crippen LogP contribution in [0, 0.1) is 6.92 Å². The quantitative estimate of drug-likeness (QED) is 0.570. The number of fused-ring (bicyclic) bond motifs is 1. The summed E-state index contributed by atoms with van der Waals surface area (Å²) in [5.41, 5.74) is 2.03. The fraction of sp³-hybridized carbons (Fsp3) is 0.300. The molecule has 0 unspecified atom stereocenters. The zero-order valence-corrected chi connectivity index (χ0v) is 18.0. The van der Waals surface area contributed by atoms with Gasteiger partial charge in [-0.15, -0.1) is 0 Å². The second-order valence-corrected chi connectivity index (χ2v) is 9.44. The molecule has 154 valence electrons. The van der Waals surface area contributed by atoms with E-state index in [0.717, 1.165) is 15.8 Å². The lowest BCUT2D eigenvalue weighted by Gasteiger charge is -2.05. The van der Waals surface area contributed by atoms with Gasteiger partial charge in [-0.3, -0.25) is 4.79 Å². The Hall–Kier alpha value is -2.49. The maximum absolute atomic E-state index is 12.6. The Morgan fingerprint density at radius 1 is 1.14 bits per heavy atom. The van der Waals surface area contributed by atoms with Gasteiger partial charge in [0.1, 0.15) is 11.5 Å². The van der Waals surface area contributed by atoms with E-state index in [-0.39, 0.29) is 4.90 Å². The Balaban J connectivity index is 1.94. The Labute approximate surface area is 173 Å². The summed E-state index contributed by atoms with van der Waals surface area (Å²) in [4.78, 5) is 17.1. The molecular weight excluding hydrogens is 412 g/mol. The van der Waals surface area contributed by atoms with Gasteiger partial charge in [0.25, 0.3) is 5.91 Å². The Bertz CT molecular complexity index is 1190. The molecule has 0 saturated heterocycles. The average molecular weight is 435 g/mol. The fourth-order valence-corrected chi connectivity index (χ4v) is 5.11. The van der Waals surface area contributed by atoms with E-state index in [1.807, 2.05) is 29.7 Å². The third-order valence-corrected chi connectivity index (χ3v) is 6.97. The van der Waals surface area contributed by atoms with E-state index >= 15 is 0 Å². The van der Waals surface area contributed by atoms with Gasteiger partial charge in [0.15, 0.2) is 14.6 Å². The number of thiazole rings is 1. The second kappa shape index (κ2) is 8.89. The average Bonchev–Trinajstić information content (AvgIpc) is 3.01. The van der Waals surface area contributed by atoms with Crippen LogP contribution in [-0.2, 0) is 25.9 Å². The van der Waals surface area contributed by atoms with Crippen LogP contribution in [0.5, 0.6) is 5.75 Å². The van der Waals surface area contributed by atoms with Gasteiger partial charge in [0.05, 0.1) is 28.8 Å². The molecule has 0 atom stereocenters. The van der Waals surface area contributed by atoms with Crippen LogP contribution in [0.3, 0.4) is 0 Å². The monoisotopic (exact) mass is 434 g/mol. The normalized spacial score (nSPS) is 12.4. The van der Waals surface area contributed by atoms with Crippen molar-refractivity contribution in [3.8, 4) is 5.75 Å². The summed E-state index contributed by atoms with van der Waals surface area (Å²) in [5.74, 6) is -0.869. The number of rotatable bonds is 7. The number of ether oxygens (including phenoxy) is 2. The van der Waals surface area contributed by atoms with Crippen LogP contribution in [0.4, 0.5) is 0 Å². The first-order valence-corrected chi connectivity index (χ1v) is 11.3. The smallest absolute Gasteiger partial charge is 0.263 e. The number of hydrogen-bond donors (Lipinski definition) is 0. The molecule has 1 amide bonds. The number of amides is 1. The summed E-state index contributed by atoms with van der Waals surface area (Å²) in [5, 5.41) is 0. The third kappa shape index (κ3) is 4.92. The zero-order chi connectivity index (χ0) is 21.0. The predicted molar refractivity (Wildman–Crippen MR) is 112 cm³/mol. The van der Waals surface area contributed by atoms with Gasteiger partial charge < -0.3 is 14.0 Å². The molecule has 3 aromatic rings. The van der Waals surface area contributed by atoms with E-state index in [0.29, 0.717) is 23.7 Å². The SMILES string of the molecule is COCCn1c(=NC(=O)CS(=O)(=O)c2ccc(OC)cc2)sc2cc(C)ccc21. The first kappa shape index (κ1) is 21.2. The number of hydrogen-bond acceptors (Lipinski definition) is 6. The van der Waals surface area contributed by atoms with Crippen molar-refractivity contribution in [2.24, 2.45) is 4.99 Å². The number of nitrogens with zero attached hydrogens (tertiary/aromatic N) is 2. The number of carbonyl (C=O) groups is 1. The molecule has 0 aliphatic rings. The molecule has 0 bridgehead atoms. The molecule has 7 nitrogen and oxygen atoms in total. The van der Waals surface area contributed by atoms with Crippen molar-refractivity contribution in [3.63, 3.8) is 0 Å². The van der Waals surface area contributed by atoms with Gasteiger partial charge in [0.2, 0.25) is 0 Å². The predicted octanol–water partition coefficient (Wildman–Crippen LogP) is 2.57. The number of methoxy groups -OCH3 is 2. The Morgan fingerprint density at radius 2 is 1.86 bits per heavy atom. The molecule has 0 N–H and O–H groups in total. The topological polar surface area (TPSA) is 87.0 Å². The lowest BCUT2D eigenvalue weighted by Crippen LogP contribution is -2.22. The van der Waals surface area contributed by atoms with Crippen LogP contribution >= 0.6 is 11.3 Å². The number of benzene rings is 2. The minimum atomic E-state index is -3.80. The lowest BCUT2D eigenvalue weighted by atomic mass is 10.2. The maximum atomic E-state index is 12.6. The highest BCUT2D eigenvalue weighted by atomic mass is 32.2. The third-order valence-electron chi connectivity index (χ3n) is 4.31. The molecule has 0 spiro atoms. The highest BCUT2D eigenvalue weighted by Gasteiger charge is 2.19. The van der Waals surface area contributed by atoms with Crippen molar-refractivity contribution in [2.45, 2.75) is 18.4 Å². The zero-order valence-electron chi connectivity index (χ0n) is 16.4. The Morgan fingerprint density at radius 3 is 2.52 bits per heavy atom. The van der Waals surface area contributed by atoms with Crippen molar-refractivity contribution >= 4 is 37.3 Å². The first-order valence-electron chi connectivity index (χ1n) is 8.87. The molecular formula is C20H22N2O5S2. The van der Waals surface area contributed by atoms with Crippen LogP contribution in [0.25, 0.3) is 10.2 Å². The first-order chi connectivity index (χ1) is 13.8. The van der Waals surface area contributed by atoms with E-state index in [1.165, 1.54) is 30.6 Å². The largest absolute Gasteiger partial charge is 0.497 e. The summed E-state index contributed by atoms with van der Waals surface area (Å²) in [6.45, 7) is 2.95. The molecule has 2 aromatic carbocycles. The lowest BCUT2D eigenvalue weighted by molar-refractivity contribution is -0.115. The van der Waals surface area contributed by atoms with E-state index < -0.39 is 21.5 Å². The van der Waals surface area contributed by atoms with Gasteiger partial charge >= 0.3 is 0 Å². The van der Waals surface area contributed by atoms with Crippen LogP contribution in [0.15, 0.2) is 52.4 Å². The molecule has 0 aliphatic heterocycles. The van der Waals surface area contributed by atoms with E-state index in [9.17, 15) is 13.2 Å². The van der Waals surface area contributed by atoms with Crippen molar-refractivity contribution in [2.75, 3.05) is 26.6 Å². The summed E-state index contributed by atoms with van der Waals surface area (Å²) >= 11 is 1.35. The van der Waals surface area contributed by atoms with Crippen molar-refractivity contribution < 1.29 is 22.7 Å². The van der Waals surface area contributed by atoms with Gasteiger partial charge in [-0.1, -0.05) is 17.4 Å². The molecule has 29 heavy (non-hydrogen) atoms. The minimum absolute atomic E-state index is 0.0566. The molecule has 0 fully saturated rings. The second-order valence-electron chi connectivity index (χ2n) is 6.44. The van der Waals surface area contributed by atoms with E-state index in [4.69, 9.17) is 9.47 Å². The summed E-state index contributed by atoms with van der Waals surface area (Å²) in [6, 6.07) is 11.9. The van der Waals surface area contributed by atoms with Gasteiger partial charge in [-0.2, -0.15) is 4.99 Å². The number of aryl methyl sites for hydroxylation is 1. The van der Waals surface area contributed by atoms with Gasteiger partial charge in [-0.05, 0) is 48.9 Å². The van der Waals surface area contributed by atoms with Crippen molar-refractivity contribution in [1.29, 1.82) is 0 Å². The van der Waals surface area contributed by atoms with E-state index in [1.54, 1.807) is 19.2 Å². The molecule has 1 aromatic heterocycles. The molecule has 0 saturated carbocycles. The van der Waals surface area contributed by atoms with Gasteiger partial charge in [-0.25, -0.2) is 8.42 Å². The van der Waals surface area contributed by atoms with Crippen LogP contribution in [0.1, 0.15) is 5.56 Å². The summed E-state index contributed by atoms with van der Waals surface area (Å²) < 4.78 is 38.2. The molecule has 0 aliphatic carbocycles. The Kier molecular flexibility index (Phi) is 6.51. The summed E-state index contributed by atoms with van der Waals surface area (Å²) in [6.07, 6.45) is 0. The molecule has 3 rings (SSSR count). The maximum Gasteiger partial charge on any atom is 0.263 e. The highest BCUT2D eigenvalue weighted by Crippen LogP contribution is 2.19. The number of aromatic nitrogens is 1. The van der Waals surface area contributed by atoms with Gasteiger partial charge in [0, 0.05) is 13.7 Å². The number of sulfone groups is 1. The van der Waals surface area contributed by atoms with E-state index in [2.05, 4.69) is 4.99 Å². The number of carbonyl (C=O) groups excluding carboxylic acids is 1. The molecule has 1 heterocycles. The van der Waals surface area contributed by atoms with Crippen LogP contribution < -0.4 is 9.54 Å². The molecule has 9 heteroatoms. The minimum Gasteiger partial charge on any atom is -0.497 e. The van der Waals surface area contributed by atoms with Crippen molar-refractivity contribution in [3.05, 3.63) is 52.8 Å². The standard InChI is InChI=1S/C20H22N2O5S2/c1-14-4-9-17-18(12-14)28-20(22(17)10-11-26-2)21-19(23)13-29(24,25)16-7-5-15(27-3)6-8-16/h4-9,12H,10-11,13H2,1-3H3. The molecule has 0 radical (unpaired) electrons. The van der Waals surface area contributed by atoms with Crippen molar-refractivity contribution in [1.82, 2.24) is 4.57 Å². The van der Waals surface area contributed by atoms with Crippen LogP contribution in [-0.4, -0.2) is 45.5 Å².